The number of aryl methyl sites for hydroxylation is 1. The zero-order valence-electron chi connectivity index (χ0n) is 15.6. The Balaban J connectivity index is 1.55. The number of thiophene rings is 1. The van der Waals surface area contributed by atoms with Crippen LogP contribution >= 0.6 is 11.3 Å². The van der Waals surface area contributed by atoms with E-state index < -0.39 is 10.0 Å². The number of sulfonamides is 1. The van der Waals surface area contributed by atoms with Crippen molar-refractivity contribution in [3.63, 3.8) is 0 Å². The second-order valence-electron chi connectivity index (χ2n) is 7.30. The molecule has 3 heterocycles. The molecule has 1 amide bonds. The van der Waals surface area contributed by atoms with E-state index in [1.165, 1.54) is 4.31 Å². The van der Waals surface area contributed by atoms with Gasteiger partial charge in [0.25, 0.3) is 0 Å². The molecule has 1 aliphatic carbocycles. The van der Waals surface area contributed by atoms with Crippen molar-refractivity contribution in [3.05, 3.63) is 33.8 Å². The van der Waals surface area contributed by atoms with Crippen molar-refractivity contribution in [2.24, 2.45) is 5.92 Å². The van der Waals surface area contributed by atoms with Crippen molar-refractivity contribution in [1.82, 2.24) is 14.8 Å². The predicted octanol–water partition coefficient (Wildman–Crippen LogP) is 2.89. The molecule has 1 atom stereocenters. The molecule has 0 aromatic carbocycles. The van der Waals surface area contributed by atoms with E-state index in [9.17, 15) is 13.2 Å². The van der Waals surface area contributed by atoms with Crippen LogP contribution in [0.3, 0.4) is 0 Å². The van der Waals surface area contributed by atoms with Crippen molar-refractivity contribution in [2.45, 2.75) is 43.5 Å². The highest BCUT2D eigenvalue weighted by atomic mass is 32.2. The molecule has 1 aliphatic heterocycles. The van der Waals surface area contributed by atoms with Gasteiger partial charge in [0, 0.05) is 24.0 Å². The predicted molar refractivity (Wildman–Crippen MR) is 107 cm³/mol. The molecule has 28 heavy (non-hydrogen) atoms. The van der Waals surface area contributed by atoms with Gasteiger partial charge in [0.05, 0.1) is 5.92 Å². The molecule has 0 radical (unpaired) electrons. The first kappa shape index (κ1) is 19.4. The van der Waals surface area contributed by atoms with Crippen molar-refractivity contribution in [1.29, 1.82) is 0 Å². The van der Waals surface area contributed by atoms with Crippen molar-refractivity contribution in [3.8, 4) is 0 Å². The Bertz CT molecular complexity index is 975. The molecule has 150 valence electrons. The lowest BCUT2D eigenvalue weighted by Crippen LogP contribution is -2.46. The summed E-state index contributed by atoms with van der Waals surface area (Å²) in [5, 5.41) is 8.81. The van der Waals surface area contributed by atoms with Crippen LogP contribution in [-0.4, -0.2) is 42.9 Å². The maximum Gasteiger partial charge on any atom is 0.248 e. The van der Waals surface area contributed by atoms with Crippen molar-refractivity contribution >= 4 is 39.4 Å². The molecule has 1 saturated heterocycles. The zero-order valence-corrected chi connectivity index (χ0v) is 17.3. The molecule has 2 aromatic heterocycles. The molecule has 4 rings (SSSR count). The topological polar surface area (TPSA) is 92.5 Å². The number of nitrogens with zero attached hydrogens (tertiary/aromatic N) is 2. The van der Waals surface area contributed by atoms with Crippen LogP contribution in [0.5, 0.6) is 0 Å². The Labute approximate surface area is 168 Å². The first-order valence-electron chi connectivity index (χ1n) is 9.43. The Morgan fingerprint density at radius 2 is 2.18 bits per heavy atom. The average molecular weight is 422 g/mol. The number of carbonyl (C=O) groups is 1. The minimum atomic E-state index is -3.80. The summed E-state index contributed by atoms with van der Waals surface area (Å²) in [4.78, 5) is 13.5. The van der Waals surface area contributed by atoms with E-state index in [1.807, 2.05) is 23.6 Å². The van der Waals surface area contributed by atoms with Crippen molar-refractivity contribution in [2.75, 3.05) is 13.1 Å². The van der Waals surface area contributed by atoms with Crippen LogP contribution in [0.2, 0.25) is 0 Å². The Morgan fingerprint density at radius 1 is 1.36 bits per heavy atom. The van der Waals surface area contributed by atoms with E-state index in [0.29, 0.717) is 25.1 Å². The number of rotatable bonds is 6. The van der Waals surface area contributed by atoms with E-state index in [2.05, 4.69) is 10.5 Å². The number of aromatic nitrogens is 1. The van der Waals surface area contributed by atoms with Gasteiger partial charge in [-0.15, -0.1) is 11.3 Å². The van der Waals surface area contributed by atoms with E-state index in [4.69, 9.17) is 4.52 Å². The highest BCUT2D eigenvalue weighted by molar-refractivity contribution is 7.89. The summed E-state index contributed by atoms with van der Waals surface area (Å²) in [7, 11) is -3.80. The Kier molecular flexibility index (Phi) is 5.39. The van der Waals surface area contributed by atoms with Gasteiger partial charge in [-0.3, -0.25) is 4.79 Å². The molecule has 9 heteroatoms. The number of hydrogen-bond acceptors (Lipinski definition) is 6. The van der Waals surface area contributed by atoms with E-state index >= 15 is 0 Å². The average Bonchev–Trinajstić information content (AvgIpc) is 3.18. The summed E-state index contributed by atoms with van der Waals surface area (Å²) in [6.45, 7) is 2.22. The third-order valence-electron chi connectivity index (χ3n) is 5.05. The van der Waals surface area contributed by atoms with Crippen LogP contribution in [0.15, 0.2) is 26.9 Å². The molecule has 2 aromatic rings. The normalized spacial score (nSPS) is 21.2. The van der Waals surface area contributed by atoms with Gasteiger partial charge in [-0.2, -0.15) is 4.31 Å². The number of amides is 1. The minimum Gasteiger partial charge on any atom is -0.355 e. The highest BCUT2D eigenvalue weighted by Gasteiger charge is 2.37. The van der Waals surface area contributed by atoms with E-state index in [1.54, 1.807) is 24.3 Å². The van der Waals surface area contributed by atoms with Crippen LogP contribution in [0.4, 0.5) is 0 Å². The molecular weight excluding hydrogens is 398 g/mol. The zero-order chi connectivity index (χ0) is 19.7. The monoisotopic (exact) mass is 421 g/mol. The van der Waals surface area contributed by atoms with Gasteiger partial charge in [-0.25, -0.2) is 8.42 Å². The molecule has 7 nitrogen and oxygen atoms in total. The van der Waals surface area contributed by atoms with Gasteiger partial charge in [0.2, 0.25) is 15.9 Å². The maximum atomic E-state index is 13.3. The maximum absolute atomic E-state index is 13.3. The number of carbonyl (C=O) groups excluding carboxylic acids is 1. The fourth-order valence-corrected chi connectivity index (χ4v) is 5.79. The van der Waals surface area contributed by atoms with Gasteiger partial charge in [-0.05, 0) is 56.2 Å². The molecule has 0 unspecified atom stereocenters. The molecule has 0 bridgehead atoms. The highest BCUT2D eigenvalue weighted by Crippen LogP contribution is 2.30. The summed E-state index contributed by atoms with van der Waals surface area (Å²) in [6.07, 6.45) is 6.84. The molecule has 2 aliphatic rings. The molecule has 0 spiro atoms. The van der Waals surface area contributed by atoms with Crippen LogP contribution in [-0.2, 0) is 14.8 Å². The van der Waals surface area contributed by atoms with Gasteiger partial charge >= 0.3 is 0 Å². The SMILES string of the molecule is Cc1noc(/C=C/c2cccs2)c1S(=O)(=O)N1CCC[C@H](C(=O)NC2CC2)C1. The molecular formula is C19H23N3O4S2. The van der Waals surface area contributed by atoms with Crippen LogP contribution in [0.1, 0.15) is 42.0 Å². The van der Waals surface area contributed by atoms with E-state index in [-0.39, 0.29) is 35.1 Å². The van der Waals surface area contributed by atoms with Crippen LogP contribution < -0.4 is 5.32 Å². The smallest absolute Gasteiger partial charge is 0.248 e. The first-order chi connectivity index (χ1) is 13.4. The second-order valence-corrected chi connectivity index (χ2v) is 10.1. The third kappa shape index (κ3) is 4.06. The van der Waals surface area contributed by atoms with Gasteiger partial charge in [0.15, 0.2) is 10.7 Å². The number of nitrogens with one attached hydrogen (secondary N) is 1. The Hall–Kier alpha value is -1.97. The fourth-order valence-electron chi connectivity index (χ4n) is 3.39. The lowest BCUT2D eigenvalue weighted by molar-refractivity contribution is -0.126. The quantitative estimate of drug-likeness (QED) is 0.774. The molecule has 2 fully saturated rings. The summed E-state index contributed by atoms with van der Waals surface area (Å²) < 4.78 is 33.3. The first-order valence-corrected chi connectivity index (χ1v) is 11.8. The summed E-state index contributed by atoms with van der Waals surface area (Å²) >= 11 is 1.55. The fraction of sp³-hybridized carbons (Fsp3) is 0.474. The second kappa shape index (κ2) is 7.81. The summed E-state index contributed by atoms with van der Waals surface area (Å²) in [6, 6.07) is 4.13. The summed E-state index contributed by atoms with van der Waals surface area (Å²) in [5.74, 6) is -0.132. The van der Waals surface area contributed by atoms with Crippen LogP contribution in [0, 0.1) is 12.8 Å². The molecule has 1 saturated carbocycles. The molecule has 1 N–H and O–H groups in total. The summed E-state index contributed by atoms with van der Waals surface area (Å²) in [5.41, 5.74) is 0.329. The van der Waals surface area contributed by atoms with Crippen LogP contribution in [0.25, 0.3) is 12.2 Å². The van der Waals surface area contributed by atoms with Gasteiger partial charge in [-0.1, -0.05) is 11.2 Å². The van der Waals surface area contributed by atoms with Gasteiger partial charge in [0.1, 0.15) is 5.69 Å². The standard InChI is InChI=1S/C19H23N3O4S2/c1-13-18(17(26-21-13)9-8-16-5-3-11-27-16)28(24,25)22-10-2-4-14(12-22)19(23)20-15-6-7-15/h3,5,8-9,11,14-15H,2,4,6-7,10,12H2,1H3,(H,20,23)/b9-8+/t14-/m0/s1. The largest absolute Gasteiger partial charge is 0.355 e. The minimum absolute atomic E-state index is 0.0396. The third-order valence-corrected chi connectivity index (χ3v) is 7.91. The lowest BCUT2D eigenvalue weighted by atomic mass is 9.99. The lowest BCUT2D eigenvalue weighted by Gasteiger charge is -2.31. The van der Waals surface area contributed by atoms with E-state index in [0.717, 1.165) is 17.7 Å². The Morgan fingerprint density at radius 3 is 2.89 bits per heavy atom. The number of piperidine rings is 1. The van der Waals surface area contributed by atoms with Crippen molar-refractivity contribution < 1.29 is 17.7 Å². The number of hydrogen-bond donors (Lipinski definition) is 1. The van der Waals surface area contributed by atoms with Gasteiger partial charge < -0.3 is 9.84 Å².